The summed E-state index contributed by atoms with van der Waals surface area (Å²) in [5.41, 5.74) is 3.90. The van der Waals surface area contributed by atoms with Gasteiger partial charge in [0.15, 0.2) is 0 Å². The smallest absolute Gasteiger partial charge is 0.346 e. The highest BCUT2D eigenvalue weighted by atomic mass is 16.4. The zero-order valence-corrected chi connectivity index (χ0v) is 31.0. The first kappa shape index (κ1) is 41.7. The van der Waals surface area contributed by atoms with E-state index in [0.29, 0.717) is 56.4 Å². The van der Waals surface area contributed by atoms with E-state index in [2.05, 4.69) is 9.69 Å². The first-order chi connectivity index (χ1) is 28.8. The molecule has 0 atom stereocenters. The second kappa shape index (κ2) is 18.9. The minimum Gasteiger partial charge on any atom is -0.486 e. The van der Waals surface area contributed by atoms with E-state index in [0.717, 1.165) is 0 Å². The van der Waals surface area contributed by atoms with Crippen LogP contribution in [0.25, 0.3) is 34.0 Å². The van der Waals surface area contributed by atoms with Gasteiger partial charge < -0.3 is 30.2 Å². The fourth-order valence-corrected chi connectivity index (χ4v) is 5.74. The Balaban J connectivity index is 1.62. The van der Waals surface area contributed by atoms with Crippen molar-refractivity contribution in [1.82, 2.24) is 0 Å². The van der Waals surface area contributed by atoms with Crippen molar-refractivity contribution < 1.29 is 39.6 Å². The van der Waals surface area contributed by atoms with Gasteiger partial charge in [0, 0.05) is 34.1 Å². The van der Waals surface area contributed by atoms with E-state index >= 15 is 0 Å². The van der Waals surface area contributed by atoms with Crippen LogP contribution >= 0.6 is 0 Å². The molecule has 14 heteroatoms. The number of nitrogens with zero attached hydrogens (tertiary/aromatic N) is 6. The van der Waals surface area contributed by atoms with Crippen LogP contribution in [0.3, 0.4) is 0 Å². The van der Waals surface area contributed by atoms with Crippen LogP contribution in [0, 0.1) is 35.8 Å². The molecule has 0 aliphatic rings. The molecule has 0 amide bonds. The largest absolute Gasteiger partial charge is 0.486 e. The van der Waals surface area contributed by atoms with Crippen molar-refractivity contribution in [2.24, 2.45) is 0 Å². The van der Waals surface area contributed by atoms with Crippen molar-refractivity contribution in [3.05, 3.63) is 189 Å². The van der Waals surface area contributed by atoms with E-state index in [1.807, 2.05) is 34.1 Å². The molecule has 0 aromatic heterocycles. The van der Waals surface area contributed by atoms with E-state index in [1.165, 1.54) is 24.3 Å². The number of aliphatic carboxylic acids is 4. The van der Waals surface area contributed by atoms with Gasteiger partial charge in [-0.15, -0.1) is 0 Å². The third-order valence-corrected chi connectivity index (χ3v) is 8.58. The van der Waals surface area contributed by atoms with Gasteiger partial charge in [-0.25, -0.2) is 19.3 Å². The summed E-state index contributed by atoms with van der Waals surface area (Å²) in [6.07, 6.45) is 4.99. The predicted molar refractivity (Wildman–Crippen MR) is 223 cm³/mol. The third kappa shape index (κ3) is 10.0. The second-order valence-corrected chi connectivity index (χ2v) is 12.4. The van der Waals surface area contributed by atoms with Gasteiger partial charge in [0.2, 0.25) is 0 Å². The van der Waals surface area contributed by atoms with Gasteiger partial charge in [0.25, 0.3) is 11.4 Å². The molecule has 0 saturated carbocycles. The van der Waals surface area contributed by atoms with E-state index < -0.39 is 46.4 Å². The third-order valence-electron chi connectivity index (χ3n) is 8.58. The maximum atomic E-state index is 11.5. The molecule has 14 nitrogen and oxygen atoms in total. The lowest BCUT2D eigenvalue weighted by molar-refractivity contribution is -0.133. The van der Waals surface area contributed by atoms with Crippen LogP contribution in [0.4, 0.5) is 34.1 Å². The molecule has 0 spiro atoms. The molecule has 60 heavy (non-hydrogen) atoms. The monoisotopic (exact) mass is 792 g/mol. The number of carboxylic acids is 4. The Hall–Kier alpha value is -9.50. The zero-order chi connectivity index (χ0) is 43.3. The van der Waals surface area contributed by atoms with Crippen molar-refractivity contribution in [2.45, 2.75) is 0 Å². The molecule has 0 unspecified atom stereocenters. The number of anilines is 6. The van der Waals surface area contributed by atoms with E-state index in [1.54, 1.807) is 109 Å². The molecule has 0 heterocycles. The van der Waals surface area contributed by atoms with Crippen molar-refractivity contribution in [3.8, 4) is 12.1 Å². The van der Waals surface area contributed by atoms with E-state index in [4.69, 9.17) is 13.1 Å². The molecule has 5 aromatic carbocycles. The van der Waals surface area contributed by atoms with Gasteiger partial charge in [0.1, 0.15) is 23.3 Å². The van der Waals surface area contributed by atoms with Crippen LogP contribution in [0.2, 0.25) is 0 Å². The zero-order valence-electron chi connectivity index (χ0n) is 31.0. The molecule has 0 saturated heterocycles. The summed E-state index contributed by atoms with van der Waals surface area (Å²) < 4.78 is 0. The van der Waals surface area contributed by atoms with Crippen LogP contribution in [-0.4, -0.2) is 44.3 Å². The highest BCUT2D eigenvalue weighted by Gasteiger charge is 2.18. The summed E-state index contributed by atoms with van der Waals surface area (Å²) in [5, 5.41) is 55.8. The van der Waals surface area contributed by atoms with Crippen LogP contribution in [0.5, 0.6) is 0 Å². The molecular formula is C46H28N6O8. The van der Waals surface area contributed by atoms with Crippen molar-refractivity contribution >= 4 is 82.3 Å². The summed E-state index contributed by atoms with van der Waals surface area (Å²) in [7, 11) is 0. The van der Waals surface area contributed by atoms with E-state index in [-0.39, 0.29) is 0 Å². The topological polar surface area (TPSA) is 212 Å². The number of carbonyl (C=O) groups is 4. The lowest BCUT2D eigenvalue weighted by Crippen LogP contribution is -2.12. The molecule has 0 radical (unpaired) electrons. The van der Waals surface area contributed by atoms with Crippen molar-refractivity contribution in [3.63, 3.8) is 0 Å². The Morgan fingerprint density at radius 2 is 0.633 bits per heavy atom. The highest BCUT2D eigenvalue weighted by molar-refractivity contribution is 5.98. The van der Waals surface area contributed by atoms with Crippen LogP contribution in [0.15, 0.2) is 144 Å². The number of nitriles is 2. The maximum absolute atomic E-state index is 11.5. The molecular weight excluding hydrogens is 765 g/mol. The number of hydrogen-bond acceptors (Lipinski definition) is 8. The van der Waals surface area contributed by atoms with Gasteiger partial charge in [-0.1, -0.05) is 48.5 Å². The molecule has 4 N–H and O–H groups in total. The maximum Gasteiger partial charge on any atom is 0.346 e. The predicted octanol–water partition coefficient (Wildman–Crippen LogP) is 9.30. The van der Waals surface area contributed by atoms with Crippen molar-refractivity contribution in [1.29, 1.82) is 10.5 Å². The van der Waals surface area contributed by atoms with Gasteiger partial charge in [0.05, 0.1) is 13.1 Å². The summed E-state index contributed by atoms with van der Waals surface area (Å²) >= 11 is 0. The fourth-order valence-electron chi connectivity index (χ4n) is 5.74. The van der Waals surface area contributed by atoms with Gasteiger partial charge in [-0.3, -0.25) is 9.59 Å². The summed E-state index contributed by atoms with van der Waals surface area (Å²) in [4.78, 5) is 55.7. The second-order valence-electron chi connectivity index (χ2n) is 12.4. The number of benzene rings is 5. The summed E-state index contributed by atoms with van der Waals surface area (Å²) in [6, 6.07) is 37.7. The Bertz CT molecular complexity index is 2410. The van der Waals surface area contributed by atoms with Crippen LogP contribution in [0.1, 0.15) is 22.3 Å². The first-order valence-corrected chi connectivity index (χ1v) is 17.3. The average Bonchev–Trinajstić information content (AvgIpc) is 3.25. The molecule has 290 valence electrons. The average molecular weight is 793 g/mol. The minimum atomic E-state index is -1.37. The molecule has 0 fully saturated rings. The molecule has 0 aliphatic heterocycles. The van der Waals surface area contributed by atoms with Gasteiger partial charge >= 0.3 is 23.9 Å². The summed E-state index contributed by atoms with van der Waals surface area (Å²) in [6.45, 7) is 14.4. The number of rotatable bonds is 14. The SMILES string of the molecule is [C-]#[N+]C(=Cc1ccc(N(c2ccc(C=C([N+]#[C-])C(=O)O)cc2)c2ccc(N(c3ccc(C=C(C#N)C(=O)O)cc3)c3ccc(C=C(C#N)C(=O)O)cc3)cc2)cc1)C(=O)O. The normalized spacial score (nSPS) is 11.5. The van der Waals surface area contributed by atoms with Gasteiger partial charge in [-0.05, 0) is 119 Å². The lowest BCUT2D eigenvalue weighted by Gasteiger charge is -2.28. The molecule has 0 bridgehead atoms. The molecule has 5 rings (SSSR count). The Kier molecular flexibility index (Phi) is 13.1. The summed E-state index contributed by atoms with van der Waals surface area (Å²) in [5.74, 6) is -5.45. The molecule has 0 aliphatic carbocycles. The van der Waals surface area contributed by atoms with Crippen LogP contribution in [-0.2, 0) is 19.2 Å². The lowest BCUT2D eigenvalue weighted by atomic mass is 10.1. The Labute approximate surface area is 342 Å². The minimum absolute atomic E-state index is 0.444. The van der Waals surface area contributed by atoms with Crippen molar-refractivity contribution in [2.75, 3.05) is 9.80 Å². The Morgan fingerprint density at radius 3 is 0.817 bits per heavy atom. The highest BCUT2D eigenvalue weighted by Crippen LogP contribution is 2.39. The standard InChI is InChI=1S/C46H28N6O8/c1-49-41(45(57)58)25-31-7-15-37(16-8-31)52(38-17-9-32(10-18-38)26-42(50-2)46(59)60)40-21-19-39(20-22-40)51(35-11-3-29(4-12-35)23-33(27-47)43(53)54)36-13-5-30(6-14-36)24-34(28-48)44(55)56/h3-26H,(H,53,54)(H,55,56)(H,57,58)(H,59,60). The Morgan fingerprint density at radius 1 is 0.417 bits per heavy atom. The van der Waals surface area contributed by atoms with Crippen LogP contribution < -0.4 is 9.80 Å². The fraction of sp³-hybridized carbons (Fsp3) is 0. The molecule has 5 aromatic rings. The number of hydrogen-bond donors (Lipinski definition) is 4. The quantitative estimate of drug-likeness (QED) is 0.0471. The first-order valence-electron chi connectivity index (χ1n) is 17.3. The number of carboxylic acid groups (broad SMARTS) is 4. The van der Waals surface area contributed by atoms with E-state index in [9.17, 15) is 50.1 Å². The van der Waals surface area contributed by atoms with Gasteiger partial charge in [-0.2, -0.15) is 10.5 Å².